The Labute approximate surface area is 159 Å². The van der Waals surface area contributed by atoms with Crippen LogP contribution in [0.4, 0.5) is 11.4 Å². The van der Waals surface area contributed by atoms with Crippen LogP contribution in [-0.2, 0) is 14.8 Å². The minimum absolute atomic E-state index is 0.0806. The number of anilines is 1. The summed E-state index contributed by atoms with van der Waals surface area (Å²) >= 11 is 0. The minimum atomic E-state index is -3.79. The van der Waals surface area contributed by atoms with Crippen LogP contribution in [0.5, 0.6) is 0 Å². The first-order chi connectivity index (χ1) is 12.6. The van der Waals surface area contributed by atoms with Crippen molar-refractivity contribution in [2.24, 2.45) is 11.8 Å². The molecule has 1 saturated heterocycles. The third-order valence-electron chi connectivity index (χ3n) is 4.45. The van der Waals surface area contributed by atoms with Crippen LogP contribution in [0.1, 0.15) is 27.2 Å². The molecule has 0 aromatic heterocycles. The maximum Gasteiger partial charge on any atom is 0.293 e. The van der Waals surface area contributed by atoms with E-state index >= 15 is 0 Å². The van der Waals surface area contributed by atoms with Gasteiger partial charge >= 0.3 is 0 Å². The van der Waals surface area contributed by atoms with Gasteiger partial charge < -0.3 is 10.6 Å². The van der Waals surface area contributed by atoms with E-state index in [1.165, 1.54) is 23.4 Å². The number of hydrogen-bond acceptors (Lipinski definition) is 6. The van der Waals surface area contributed by atoms with Gasteiger partial charge in [-0.1, -0.05) is 13.8 Å². The normalized spacial score (nSPS) is 20.9. The third kappa shape index (κ3) is 5.39. The van der Waals surface area contributed by atoms with Gasteiger partial charge in [0.05, 0.1) is 9.82 Å². The molecule has 1 fully saturated rings. The van der Waals surface area contributed by atoms with Gasteiger partial charge in [-0.15, -0.1) is 0 Å². The van der Waals surface area contributed by atoms with Gasteiger partial charge in [-0.2, -0.15) is 4.31 Å². The molecule has 0 radical (unpaired) electrons. The Hall–Kier alpha value is -2.20. The molecular formula is C17H26N4O5S. The fraction of sp³-hybridized carbons (Fsp3) is 0.588. The molecule has 150 valence electrons. The zero-order valence-corrected chi connectivity index (χ0v) is 16.6. The maximum atomic E-state index is 12.9. The van der Waals surface area contributed by atoms with Crippen LogP contribution in [0, 0.1) is 22.0 Å². The number of nitro groups is 1. The van der Waals surface area contributed by atoms with Crippen molar-refractivity contribution < 1.29 is 18.1 Å². The number of nitro benzene ring substituents is 1. The average Bonchev–Trinajstić information content (AvgIpc) is 2.57. The van der Waals surface area contributed by atoms with Crippen molar-refractivity contribution in [3.63, 3.8) is 0 Å². The molecule has 9 nitrogen and oxygen atoms in total. The molecule has 0 spiro atoms. The highest BCUT2D eigenvalue weighted by Crippen LogP contribution is 2.31. The van der Waals surface area contributed by atoms with E-state index in [-0.39, 0.29) is 40.6 Å². The van der Waals surface area contributed by atoms with Crippen LogP contribution in [-0.4, -0.2) is 49.7 Å². The van der Waals surface area contributed by atoms with E-state index in [0.29, 0.717) is 19.6 Å². The number of hydrogen-bond donors (Lipinski definition) is 2. The lowest BCUT2D eigenvalue weighted by atomic mass is 9.94. The molecule has 1 aromatic carbocycles. The largest absolute Gasteiger partial charge is 0.378 e. The molecular weight excluding hydrogens is 372 g/mol. The molecule has 0 bridgehead atoms. The van der Waals surface area contributed by atoms with Gasteiger partial charge in [0.15, 0.2) is 0 Å². The van der Waals surface area contributed by atoms with Gasteiger partial charge in [-0.3, -0.25) is 14.9 Å². The zero-order valence-electron chi connectivity index (χ0n) is 15.8. The molecule has 2 N–H and O–H groups in total. The second-order valence-corrected chi connectivity index (χ2v) is 9.05. The first kappa shape index (κ1) is 21.1. The van der Waals surface area contributed by atoms with E-state index in [1.807, 2.05) is 13.8 Å². The number of benzene rings is 1. The van der Waals surface area contributed by atoms with E-state index in [4.69, 9.17) is 0 Å². The topological polar surface area (TPSA) is 122 Å². The van der Waals surface area contributed by atoms with Crippen LogP contribution in [0.3, 0.4) is 0 Å². The highest BCUT2D eigenvalue weighted by molar-refractivity contribution is 7.89. The molecule has 0 saturated carbocycles. The third-order valence-corrected chi connectivity index (χ3v) is 6.28. The van der Waals surface area contributed by atoms with Gasteiger partial charge in [0, 0.05) is 39.2 Å². The molecule has 0 aliphatic carbocycles. The Balaban J connectivity index is 2.23. The Morgan fingerprint density at radius 2 is 1.89 bits per heavy atom. The van der Waals surface area contributed by atoms with Crippen LogP contribution in [0.2, 0.25) is 0 Å². The van der Waals surface area contributed by atoms with Gasteiger partial charge in [-0.25, -0.2) is 8.42 Å². The number of piperidine rings is 1. The second kappa shape index (κ2) is 8.66. The van der Waals surface area contributed by atoms with Crippen LogP contribution in [0.25, 0.3) is 0 Å². The standard InChI is InChI=1S/C17H26N4O5S/c1-12-8-13(2)11-20(10-12)27(25,26)15-4-5-16(17(9-15)21(23)24)19-7-6-18-14(3)22/h4-5,9,12-13,19H,6-8,10-11H2,1-3H3,(H,18,22)/t12-,13-/m1/s1. The fourth-order valence-electron chi connectivity index (χ4n) is 3.36. The van der Waals surface area contributed by atoms with Crippen molar-refractivity contribution in [3.8, 4) is 0 Å². The van der Waals surface area contributed by atoms with Gasteiger partial charge in [-0.05, 0) is 30.4 Å². The number of rotatable bonds is 7. The minimum Gasteiger partial charge on any atom is -0.378 e. The van der Waals surface area contributed by atoms with Crippen molar-refractivity contribution in [1.82, 2.24) is 9.62 Å². The van der Waals surface area contributed by atoms with E-state index in [0.717, 1.165) is 12.5 Å². The molecule has 10 heteroatoms. The van der Waals surface area contributed by atoms with Crippen LogP contribution < -0.4 is 10.6 Å². The highest BCUT2D eigenvalue weighted by Gasteiger charge is 2.33. The van der Waals surface area contributed by atoms with Gasteiger partial charge in [0.25, 0.3) is 5.69 Å². The van der Waals surface area contributed by atoms with Crippen molar-refractivity contribution in [1.29, 1.82) is 0 Å². The van der Waals surface area contributed by atoms with E-state index < -0.39 is 14.9 Å². The van der Waals surface area contributed by atoms with Gasteiger partial charge in [0.1, 0.15) is 5.69 Å². The monoisotopic (exact) mass is 398 g/mol. The molecule has 27 heavy (non-hydrogen) atoms. The maximum absolute atomic E-state index is 12.9. The Morgan fingerprint density at radius 1 is 1.26 bits per heavy atom. The lowest BCUT2D eigenvalue weighted by Gasteiger charge is -2.34. The Kier molecular flexibility index (Phi) is 6.77. The molecule has 1 amide bonds. The molecule has 1 aromatic rings. The highest BCUT2D eigenvalue weighted by atomic mass is 32.2. The summed E-state index contributed by atoms with van der Waals surface area (Å²) in [4.78, 5) is 21.6. The predicted molar refractivity (Wildman–Crippen MR) is 102 cm³/mol. The second-order valence-electron chi connectivity index (χ2n) is 7.11. The van der Waals surface area contributed by atoms with Crippen LogP contribution in [0.15, 0.2) is 23.1 Å². The van der Waals surface area contributed by atoms with E-state index in [1.54, 1.807) is 0 Å². The number of nitrogens with zero attached hydrogens (tertiary/aromatic N) is 2. The molecule has 2 atom stereocenters. The van der Waals surface area contributed by atoms with Crippen molar-refractivity contribution in [2.75, 3.05) is 31.5 Å². The number of sulfonamides is 1. The number of amides is 1. The summed E-state index contributed by atoms with van der Waals surface area (Å²) in [5, 5.41) is 16.8. The lowest BCUT2D eigenvalue weighted by Crippen LogP contribution is -2.42. The summed E-state index contributed by atoms with van der Waals surface area (Å²) in [5.74, 6) is 0.291. The molecule has 2 rings (SSSR count). The van der Waals surface area contributed by atoms with Crippen molar-refractivity contribution >= 4 is 27.3 Å². The Morgan fingerprint density at radius 3 is 2.44 bits per heavy atom. The smallest absolute Gasteiger partial charge is 0.293 e. The SMILES string of the molecule is CC(=O)NCCNc1ccc(S(=O)(=O)N2C[C@H](C)C[C@@H](C)C2)cc1[N+](=O)[O-]. The number of carbonyl (C=O) groups is 1. The summed E-state index contributed by atoms with van der Waals surface area (Å²) in [7, 11) is -3.79. The quantitative estimate of drug-likeness (QED) is 0.410. The Bertz CT molecular complexity index is 802. The molecule has 0 unspecified atom stereocenters. The van der Waals surface area contributed by atoms with E-state index in [9.17, 15) is 23.3 Å². The summed E-state index contributed by atoms with van der Waals surface area (Å²) in [6.45, 7) is 6.80. The first-order valence-electron chi connectivity index (χ1n) is 8.88. The number of carbonyl (C=O) groups excluding carboxylic acids is 1. The average molecular weight is 398 g/mol. The summed E-state index contributed by atoms with van der Waals surface area (Å²) in [6, 6.07) is 3.88. The van der Waals surface area contributed by atoms with Gasteiger partial charge in [0.2, 0.25) is 15.9 Å². The zero-order chi connectivity index (χ0) is 20.2. The lowest BCUT2D eigenvalue weighted by molar-refractivity contribution is -0.384. The summed E-state index contributed by atoms with van der Waals surface area (Å²) < 4.78 is 27.3. The van der Waals surface area contributed by atoms with Crippen molar-refractivity contribution in [2.45, 2.75) is 32.1 Å². The van der Waals surface area contributed by atoms with E-state index in [2.05, 4.69) is 10.6 Å². The molecule has 1 aliphatic heterocycles. The number of nitrogens with one attached hydrogen (secondary N) is 2. The predicted octanol–water partition coefficient (Wildman–Crippen LogP) is 1.81. The van der Waals surface area contributed by atoms with Crippen LogP contribution >= 0.6 is 0 Å². The molecule has 1 aliphatic rings. The fourth-order valence-corrected chi connectivity index (χ4v) is 5.06. The molecule has 1 heterocycles. The van der Waals surface area contributed by atoms with Crippen molar-refractivity contribution in [3.05, 3.63) is 28.3 Å². The first-order valence-corrected chi connectivity index (χ1v) is 10.3. The summed E-state index contributed by atoms with van der Waals surface area (Å²) in [6.07, 6.45) is 0.962. The summed E-state index contributed by atoms with van der Waals surface area (Å²) in [5.41, 5.74) is -0.0957.